The second-order valence-corrected chi connectivity index (χ2v) is 3.82. The normalized spacial score (nSPS) is 11.2. The van der Waals surface area contributed by atoms with Gasteiger partial charge in [0.2, 0.25) is 0 Å². The van der Waals surface area contributed by atoms with E-state index >= 15 is 0 Å². The van der Waals surface area contributed by atoms with E-state index in [-0.39, 0.29) is 5.02 Å². The van der Waals surface area contributed by atoms with Crippen molar-refractivity contribution < 1.29 is 23.4 Å². The van der Waals surface area contributed by atoms with Gasteiger partial charge in [0.1, 0.15) is 5.75 Å². The number of rotatable bonds is 3. The highest BCUT2D eigenvalue weighted by molar-refractivity contribution is 9.10. The Balaban J connectivity index is 2.95. The van der Waals surface area contributed by atoms with Crippen molar-refractivity contribution in [1.29, 1.82) is 0 Å². The van der Waals surface area contributed by atoms with E-state index in [4.69, 9.17) is 16.7 Å². The lowest BCUT2D eigenvalue weighted by molar-refractivity contribution is -0.210. The van der Waals surface area contributed by atoms with Crippen molar-refractivity contribution in [2.24, 2.45) is 0 Å². The second-order valence-electron chi connectivity index (χ2n) is 2.50. The first-order valence-corrected chi connectivity index (χ1v) is 4.75. The van der Waals surface area contributed by atoms with Crippen LogP contribution in [0.2, 0.25) is 5.02 Å². The fourth-order valence-electron chi connectivity index (χ4n) is 0.740. The van der Waals surface area contributed by atoms with Crippen LogP contribution in [0, 0.1) is 0 Å². The summed E-state index contributed by atoms with van der Waals surface area (Å²) in [6.45, 7) is 0. The standard InChI is InChI=1S/C8H4BrClF2O3/c9-4-1-2-6(5(10)3-4)15-8(11,12)7(13)14/h1-3H,(H,13,14). The number of aliphatic carboxylic acids is 1. The van der Waals surface area contributed by atoms with E-state index in [2.05, 4.69) is 20.7 Å². The summed E-state index contributed by atoms with van der Waals surface area (Å²) in [6.07, 6.45) is -4.29. The fraction of sp³-hybridized carbons (Fsp3) is 0.125. The van der Waals surface area contributed by atoms with Gasteiger partial charge in [-0.15, -0.1) is 0 Å². The van der Waals surface area contributed by atoms with Crippen molar-refractivity contribution in [2.45, 2.75) is 6.11 Å². The molecule has 1 aromatic carbocycles. The summed E-state index contributed by atoms with van der Waals surface area (Å²) in [4.78, 5) is 10.1. The Kier molecular flexibility index (Phi) is 3.51. The van der Waals surface area contributed by atoms with Gasteiger partial charge in [0.25, 0.3) is 0 Å². The number of ether oxygens (including phenoxy) is 1. The molecule has 3 nitrogen and oxygen atoms in total. The summed E-state index contributed by atoms with van der Waals surface area (Å²) in [5.41, 5.74) is 0. The Hall–Kier alpha value is -0.880. The molecule has 1 aromatic rings. The second kappa shape index (κ2) is 4.32. The lowest BCUT2D eigenvalue weighted by Crippen LogP contribution is -2.34. The van der Waals surface area contributed by atoms with E-state index in [1.165, 1.54) is 12.1 Å². The maximum absolute atomic E-state index is 12.6. The van der Waals surface area contributed by atoms with Gasteiger partial charge in [-0.3, -0.25) is 0 Å². The van der Waals surface area contributed by atoms with Gasteiger partial charge in [0.05, 0.1) is 5.02 Å². The van der Waals surface area contributed by atoms with Crippen molar-refractivity contribution in [3.05, 3.63) is 27.7 Å². The largest absolute Gasteiger partial charge is 0.501 e. The third-order valence-corrected chi connectivity index (χ3v) is 2.17. The first-order chi connectivity index (χ1) is 6.83. The van der Waals surface area contributed by atoms with Gasteiger partial charge in [0, 0.05) is 4.47 Å². The van der Waals surface area contributed by atoms with Crippen LogP contribution in [-0.2, 0) is 4.79 Å². The van der Waals surface area contributed by atoms with Gasteiger partial charge in [0.15, 0.2) is 0 Å². The summed E-state index contributed by atoms with van der Waals surface area (Å²) < 4.78 is 29.8. The average Bonchev–Trinajstić information content (AvgIpc) is 2.09. The van der Waals surface area contributed by atoms with Crippen LogP contribution in [0.1, 0.15) is 0 Å². The Bertz CT molecular complexity index is 397. The SMILES string of the molecule is O=C(O)C(F)(F)Oc1ccc(Br)cc1Cl. The quantitative estimate of drug-likeness (QED) is 0.933. The van der Waals surface area contributed by atoms with Gasteiger partial charge >= 0.3 is 12.1 Å². The fourth-order valence-corrected chi connectivity index (χ4v) is 1.45. The molecule has 0 saturated carbocycles. The molecule has 0 radical (unpaired) electrons. The summed E-state index contributed by atoms with van der Waals surface area (Å²) in [5.74, 6) is -2.77. The lowest BCUT2D eigenvalue weighted by atomic mass is 10.3. The number of hydrogen-bond acceptors (Lipinski definition) is 2. The molecule has 15 heavy (non-hydrogen) atoms. The Morgan fingerprint density at radius 3 is 2.60 bits per heavy atom. The first kappa shape index (κ1) is 12.2. The van der Waals surface area contributed by atoms with Crippen molar-refractivity contribution in [3.63, 3.8) is 0 Å². The Morgan fingerprint density at radius 2 is 2.13 bits per heavy atom. The van der Waals surface area contributed by atoms with Crippen LogP contribution in [0.15, 0.2) is 22.7 Å². The van der Waals surface area contributed by atoms with Crippen molar-refractivity contribution in [2.75, 3.05) is 0 Å². The molecule has 0 saturated heterocycles. The highest BCUT2D eigenvalue weighted by Gasteiger charge is 2.42. The van der Waals surface area contributed by atoms with Crippen LogP contribution in [0.5, 0.6) is 5.75 Å². The molecule has 0 spiro atoms. The Labute approximate surface area is 96.7 Å². The van der Waals surface area contributed by atoms with Crippen LogP contribution >= 0.6 is 27.5 Å². The van der Waals surface area contributed by atoms with E-state index in [0.717, 1.165) is 6.07 Å². The molecular formula is C8H4BrClF2O3. The molecule has 0 aliphatic rings. The molecule has 1 N–H and O–H groups in total. The molecule has 0 heterocycles. The highest BCUT2D eigenvalue weighted by Crippen LogP contribution is 2.31. The molecule has 0 fully saturated rings. The van der Waals surface area contributed by atoms with Gasteiger partial charge in [-0.2, -0.15) is 8.78 Å². The van der Waals surface area contributed by atoms with Gasteiger partial charge in [-0.05, 0) is 18.2 Å². The minimum atomic E-state index is -4.29. The first-order valence-electron chi connectivity index (χ1n) is 3.58. The van der Waals surface area contributed by atoms with Crippen LogP contribution in [0.3, 0.4) is 0 Å². The van der Waals surface area contributed by atoms with Gasteiger partial charge in [-0.25, -0.2) is 4.79 Å². The number of carbonyl (C=O) groups is 1. The molecule has 1 rings (SSSR count). The van der Waals surface area contributed by atoms with E-state index < -0.39 is 17.8 Å². The topological polar surface area (TPSA) is 46.5 Å². The number of carboxylic acids is 1. The predicted molar refractivity (Wildman–Crippen MR) is 52.4 cm³/mol. The van der Waals surface area contributed by atoms with Crippen molar-refractivity contribution in [3.8, 4) is 5.75 Å². The zero-order chi connectivity index (χ0) is 11.6. The molecule has 0 amide bonds. The molecule has 0 aromatic heterocycles. The lowest BCUT2D eigenvalue weighted by Gasteiger charge is -2.14. The van der Waals surface area contributed by atoms with E-state index in [1.54, 1.807) is 0 Å². The highest BCUT2D eigenvalue weighted by atomic mass is 79.9. The smallest absolute Gasteiger partial charge is 0.474 e. The number of benzene rings is 1. The van der Waals surface area contributed by atoms with E-state index in [9.17, 15) is 13.6 Å². The summed E-state index contributed by atoms with van der Waals surface area (Å²) in [6, 6.07) is 3.86. The van der Waals surface area contributed by atoms with Crippen LogP contribution in [0.4, 0.5) is 8.78 Å². The van der Waals surface area contributed by atoms with Crippen LogP contribution in [0.25, 0.3) is 0 Å². The zero-order valence-electron chi connectivity index (χ0n) is 7.01. The number of hydrogen-bond donors (Lipinski definition) is 1. The molecule has 0 unspecified atom stereocenters. The summed E-state index contributed by atoms with van der Waals surface area (Å²) in [7, 11) is 0. The average molecular weight is 301 g/mol. The predicted octanol–water partition coefficient (Wildman–Crippen LogP) is 3.16. The minimum Gasteiger partial charge on any atom is -0.474 e. The number of halogens is 4. The third-order valence-electron chi connectivity index (χ3n) is 1.38. The molecule has 7 heteroatoms. The number of carboxylic acid groups (broad SMARTS) is 1. The summed E-state index contributed by atoms with van der Waals surface area (Å²) in [5, 5.41) is 8.01. The minimum absolute atomic E-state index is 0.106. The van der Waals surface area contributed by atoms with Gasteiger partial charge in [-0.1, -0.05) is 27.5 Å². The summed E-state index contributed by atoms with van der Waals surface area (Å²) >= 11 is 8.62. The van der Waals surface area contributed by atoms with E-state index in [1.807, 2.05) is 0 Å². The Morgan fingerprint density at radius 1 is 1.53 bits per heavy atom. The molecule has 82 valence electrons. The van der Waals surface area contributed by atoms with Gasteiger partial charge < -0.3 is 9.84 Å². The molecule has 0 atom stereocenters. The van der Waals surface area contributed by atoms with E-state index in [0.29, 0.717) is 4.47 Å². The van der Waals surface area contributed by atoms with Crippen molar-refractivity contribution >= 4 is 33.5 Å². The van der Waals surface area contributed by atoms with Crippen LogP contribution in [-0.4, -0.2) is 17.2 Å². The molecule has 0 aliphatic carbocycles. The molecular weight excluding hydrogens is 297 g/mol. The monoisotopic (exact) mass is 300 g/mol. The maximum Gasteiger partial charge on any atom is 0.501 e. The molecule has 0 bridgehead atoms. The molecule has 0 aliphatic heterocycles. The maximum atomic E-state index is 12.6. The number of alkyl halides is 2. The third kappa shape index (κ3) is 3.04. The zero-order valence-corrected chi connectivity index (χ0v) is 9.35. The van der Waals surface area contributed by atoms with Crippen molar-refractivity contribution in [1.82, 2.24) is 0 Å². The van der Waals surface area contributed by atoms with Crippen LogP contribution < -0.4 is 4.74 Å².